The van der Waals surface area contributed by atoms with Gasteiger partial charge >= 0.3 is 0 Å². The van der Waals surface area contributed by atoms with Crippen molar-refractivity contribution in [1.29, 1.82) is 0 Å². The van der Waals surface area contributed by atoms with Crippen LogP contribution in [0.5, 0.6) is 0 Å². The van der Waals surface area contributed by atoms with Crippen LogP contribution < -0.4 is 11.5 Å². The Morgan fingerprint density at radius 1 is 0.692 bits per heavy atom. The van der Waals surface area contributed by atoms with Crippen LogP contribution in [0.1, 0.15) is 25.4 Å². The third kappa shape index (κ3) is 2.52. The third-order valence-corrected chi connectivity index (χ3v) is 4.27. The van der Waals surface area contributed by atoms with E-state index in [0.29, 0.717) is 34.3 Å². The summed E-state index contributed by atoms with van der Waals surface area (Å²) in [6.45, 7) is 3.60. The molecule has 4 aromatic rings. The lowest BCUT2D eigenvalue weighted by Gasteiger charge is -1.97. The van der Waals surface area contributed by atoms with E-state index in [1.165, 1.54) is 0 Å². The van der Waals surface area contributed by atoms with Crippen molar-refractivity contribution in [3.63, 3.8) is 0 Å². The van der Waals surface area contributed by atoms with Crippen LogP contribution in [-0.4, -0.2) is 11.4 Å². The van der Waals surface area contributed by atoms with Crippen LogP contribution in [0.2, 0.25) is 0 Å². The van der Waals surface area contributed by atoms with Gasteiger partial charge in [0.25, 0.3) is 0 Å². The second-order valence-corrected chi connectivity index (χ2v) is 6.05. The fraction of sp³-hybridized carbons (Fsp3) is 0.100. The molecular weight excluding hydrogens is 328 g/mol. The molecule has 26 heavy (non-hydrogen) atoms. The number of fused-ring (bicyclic) bond motifs is 2. The molecule has 0 spiro atoms. The van der Waals surface area contributed by atoms with Crippen LogP contribution in [0.25, 0.3) is 21.9 Å². The van der Waals surface area contributed by atoms with Crippen molar-refractivity contribution in [3.05, 3.63) is 60.1 Å². The van der Waals surface area contributed by atoms with Gasteiger partial charge in [0.05, 0.1) is 11.4 Å². The minimum atomic E-state index is 0.514. The van der Waals surface area contributed by atoms with Crippen molar-refractivity contribution < 1.29 is 8.83 Å². The number of nitrogens with two attached hydrogens (primary N) is 2. The van der Waals surface area contributed by atoms with E-state index in [-0.39, 0.29) is 0 Å². The molecule has 6 heteroatoms. The van der Waals surface area contributed by atoms with E-state index >= 15 is 0 Å². The van der Waals surface area contributed by atoms with Crippen LogP contribution in [0.15, 0.2) is 67.6 Å². The topological polar surface area (TPSA) is 103 Å². The Balaban J connectivity index is 1.72. The normalized spacial score (nSPS) is 13.0. The lowest BCUT2D eigenvalue weighted by molar-refractivity contribution is 0.603. The summed E-state index contributed by atoms with van der Waals surface area (Å²) in [5.74, 6) is 1.03. The highest BCUT2D eigenvalue weighted by Gasteiger charge is 2.15. The molecule has 0 aliphatic rings. The van der Waals surface area contributed by atoms with E-state index in [9.17, 15) is 0 Å². The smallest absolute Gasteiger partial charge is 0.174 e. The maximum absolute atomic E-state index is 6.17. The molecule has 0 unspecified atom stereocenters. The summed E-state index contributed by atoms with van der Waals surface area (Å²) < 4.78 is 11.6. The molecule has 2 aromatic heterocycles. The number of nitrogen functional groups attached to an aromatic ring is 2. The Morgan fingerprint density at radius 2 is 1.08 bits per heavy atom. The standard InChI is InChI=1S/C20H18N4O2/c1-11(19-17(21)13-7-3-5-9-15(13)25-19)23-24-12(2)20-18(22)14-8-4-6-10-16(14)26-20/h3-10H,21-22H2,1-2H3/b23-11+,24-12+. The first-order valence-corrected chi connectivity index (χ1v) is 8.20. The Morgan fingerprint density at radius 3 is 1.46 bits per heavy atom. The van der Waals surface area contributed by atoms with Gasteiger partial charge in [0.15, 0.2) is 11.5 Å². The molecule has 4 rings (SSSR count). The molecule has 6 nitrogen and oxygen atoms in total. The summed E-state index contributed by atoms with van der Waals surface area (Å²) in [4.78, 5) is 0. The number of hydrogen-bond donors (Lipinski definition) is 2. The van der Waals surface area contributed by atoms with Gasteiger partial charge in [-0.3, -0.25) is 0 Å². The number of hydrogen-bond acceptors (Lipinski definition) is 6. The summed E-state index contributed by atoms with van der Waals surface area (Å²) >= 11 is 0. The van der Waals surface area contributed by atoms with E-state index in [0.717, 1.165) is 21.9 Å². The SMILES string of the molecule is C/C(=N\N=C(/C)c1oc2ccccc2c1N)c1oc2ccccc2c1N. The third-order valence-electron chi connectivity index (χ3n) is 4.27. The Bertz CT molecular complexity index is 1090. The maximum Gasteiger partial charge on any atom is 0.174 e. The monoisotopic (exact) mass is 346 g/mol. The van der Waals surface area contributed by atoms with E-state index in [4.69, 9.17) is 20.3 Å². The van der Waals surface area contributed by atoms with Crippen LogP contribution >= 0.6 is 0 Å². The molecule has 0 saturated heterocycles. The van der Waals surface area contributed by atoms with E-state index in [2.05, 4.69) is 10.2 Å². The van der Waals surface area contributed by atoms with E-state index in [1.807, 2.05) is 48.5 Å². The first-order chi connectivity index (χ1) is 12.6. The highest BCUT2D eigenvalue weighted by Crippen LogP contribution is 2.30. The van der Waals surface area contributed by atoms with Gasteiger partial charge in [-0.15, -0.1) is 0 Å². The lowest BCUT2D eigenvalue weighted by Crippen LogP contribution is -2.00. The van der Waals surface area contributed by atoms with E-state index < -0.39 is 0 Å². The molecule has 130 valence electrons. The molecule has 0 atom stereocenters. The summed E-state index contributed by atoms with van der Waals surface area (Å²) in [6, 6.07) is 15.2. The first-order valence-electron chi connectivity index (χ1n) is 8.20. The van der Waals surface area contributed by atoms with Gasteiger partial charge in [0.1, 0.15) is 22.6 Å². The molecule has 2 aromatic carbocycles. The summed E-state index contributed by atoms with van der Waals surface area (Å²) in [6.07, 6.45) is 0. The first kappa shape index (κ1) is 16.0. The maximum atomic E-state index is 6.17. The van der Waals surface area contributed by atoms with Crippen molar-refractivity contribution in [2.24, 2.45) is 10.2 Å². The number of furan rings is 2. The van der Waals surface area contributed by atoms with Crippen molar-refractivity contribution in [2.45, 2.75) is 13.8 Å². The van der Waals surface area contributed by atoms with Gasteiger partial charge in [-0.1, -0.05) is 24.3 Å². The Hall–Kier alpha value is -3.54. The minimum absolute atomic E-state index is 0.514. The molecule has 0 bridgehead atoms. The molecule has 0 fully saturated rings. The van der Waals surface area contributed by atoms with Crippen molar-refractivity contribution in [1.82, 2.24) is 0 Å². The largest absolute Gasteiger partial charge is 0.452 e. The van der Waals surface area contributed by atoms with Gasteiger partial charge < -0.3 is 20.3 Å². The number of para-hydroxylation sites is 2. The fourth-order valence-corrected chi connectivity index (χ4v) is 2.91. The van der Waals surface area contributed by atoms with Gasteiger partial charge in [-0.05, 0) is 38.1 Å². The van der Waals surface area contributed by atoms with Crippen LogP contribution in [0, 0.1) is 0 Å². The fourth-order valence-electron chi connectivity index (χ4n) is 2.91. The minimum Gasteiger partial charge on any atom is -0.452 e. The van der Waals surface area contributed by atoms with Gasteiger partial charge in [0.2, 0.25) is 0 Å². The zero-order valence-electron chi connectivity index (χ0n) is 14.5. The molecular formula is C20H18N4O2. The molecule has 2 heterocycles. The van der Waals surface area contributed by atoms with Crippen molar-refractivity contribution >= 4 is 44.7 Å². The summed E-state index contributed by atoms with van der Waals surface area (Å²) in [5, 5.41) is 10.2. The van der Waals surface area contributed by atoms with Crippen molar-refractivity contribution in [2.75, 3.05) is 11.5 Å². The highest BCUT2D eigenvalue weighted by molar-refractivity contribution is 6.10. The number of rotatable bonds is 3. The predicted octanol–water partition coefficient (Wildman–Crippen LogP) is 4.58. The van der Waals surface area contributed by atoms with Crippen molar-refractivity contribution in [3.8, 4) is 0 Å². The molecule has 4 N–H and O–H groups in total. The van der Waals surface area contributed by atoms with E-state index in [1.54, 1.807) is 13.8 Å². The zero-order valence-corrected chi connectivity index (χ0v) is 14.5. The lowest BCUT2D eigenvalue weighted by atomic mass is 10.2. The summed E-state index contributed by atoms with van der Waals surface area (Å²) in [5.41, 5.74) is 16.0. The molecule has 0 amide bonds. The summed E-state index contributed by atoms with van der Waals surface area (Å²) in [7, 11) is 0. The molecule has 0 aliphatic carbocycles. The Labute approximate surface area is 149 Å². The quantitative estimate of drug-likeness (QED) is 0.418. The van der Waals surface area contributed by atoms with Gasteiger partial charge in [-0.2, -0.15) is 10.2 Å². The van der Waals surface area contributed by atoms with Crippen LogP contribution in [-0.2, 0) is 0 Å². The zero-order chi connectivity index (χ0) is 18.3. The second kappa shape index (κ2) is 6.07. The highest BCUT2D eigenvalue weighted by atomic mass is 16.3. The average molecular weight is 346 g/mol. The number of anilines is 2. The second-order valence-electron chi connectivity index (χ2n) is 6.05. The molecule has 0 radical (unpaired) electrons. The van der Waals surface area contributed by atoms with Gasteiger partial charge in [0, 0.05) is 10.8 Å². The van der Waals surface area contributed by atoms with Crippen LogP contribution in [0.4, 0.5) is 11.4 Å². The van der Waals surface area contributed by atoms with Crippen LogP contribution in [0.3, 0.4) is 0 Å². The average Bonchev–Trinajstić information content (AvgIpc) is 3.18. The molecule has 0 aliphatic heterocycles. The molecule has 0 saturated carbocycles. The van der Waals surface area contributed by atoms with Gasteiger partial charge in [-0.25, -0.2) is 0 Å². The predicted molar refractivity (Wildman–Crippen MR) is 106 cm³/mol. The Kier molecular flexibility index (Phi) is 3.73. The number of benzene rings is 2. The number of nitrogens with zero attached hydrogens (tertiary/aromatic N) is 2.